The van der Waals surface area contributed by atoms with Crippen LogP contribution in [0.25, 0.3) is 0 Å². The van der Waals surface area contributed by atoms with Crippen LogP contribution in [0.4, 0.5) is 13.2 Å². The minimum atomic E-state index is -5.08. The highest BCUT2D eigenvalue weighted by molar-refractivity contribution is 5.90. The molecule has 172 valence electrons. The topological polar surface area (TPSA) is 90.4 Å². The van der Waals surface area contributed by atoms with Crippen LogP contribution in [0.3, 0.4) is 0 Å². The normalized spacial score (nSPS) is 22.3. The molecule has 0 saturated carbocycles. The average molecular weight is 437 g/mol. The molecule has 2 amide bonds. The van der Waals surface area contributed by atoms with E-state index in [1.165, 1.54) is 0 Å². The molecule has 30 heavy (non-hydrogen) atoms. The molecule has 2 heterocycles. The Morgan fingerprint density at radius 1 is 1.30 bits per heavy atom. The number of carbonyl (C=O) groups excluding carboxylic acids is 2. The molecule has 2 aliphatic rings. The van der Waals surface area contributed by atoms with Gasteiger partial charge in [-0.2, -0.15) is 13.2 Å². The van der Waals surface area contributed by atoms with Gasteiger partial charge in [-0.15, -0.1) is 6.58 Å². The highest BCUT2D eigenvalue weighted by Gasteiger charge is 2.53. The number of rotatable bonds is 6. The lowest BCUT2D eigenvalue weighted by Crippen LogP contribution is -2.68. The van der Waals surface area contributed by atoms with Crippen LogP contribution in [0.5, 0.6) is 0 Å². The maximum absolute atomic E-state index is 13.1. The number of halogens is 3. The van der Waals surface area contributed by atoms with E-state index in [-0.39, 0.29) is 24.5 Å². The van der Waals surface area contributed by atoms with E-state index in [1.54, 1.807) is 4.90 Å². The van der Waals surface area contributed by atoms with E-state index in [9.17, 15) is 22.8 Å². The second-order valence-electron chi connectivity index (χ2n) is 7.36. The molecule has 8 nitrogen and oxygen atoms in total. The molecule has 2 aliphatic heterocycles. The van der Waals surface area contributed by atoms with Crippen molar-refractivity contribution in [1.82, 2.24) is 14.7 Å². The summed E-state index contributed by atoms with van der Waals surface area (Å²) >= 11 is 0. The second kappa shape index (κ2) is 10.8. The lowest BCUT2D eigenvalue weighted by molar-refractivity contribution is -0.192. The van der Waals surface area contributed by atoms with E-state index in [2.05, 4.69) is 11.5 Å². The molecule has 1 N–H and O–H groups in total. The zero-order chi connectivity index (χ0) is 23.1. The molecule has 11 heteroatoms. The van der Waals surface area contributed by atoms with Crippen LogP contribution in [0.2, 0.25) is 0 Å². The lowest BCUT2D eigenvalue weighted by atomic mass is 9.90. The highest BCUT2D eigenvalue weighted by Crippen LogP contribution is 2.33. The Kier molecular flexibility index (Phi) is 9.29. The third-order valence-electron chi connectivity index (χ3n) is 5.12. The summed E-state index contributed by atoms with van der Waals surface area (Å²) in [5.41, 5.74) is -0.599. The van der Waals surface area contributed by atoms with E-state index in [1.807, 2.05) is 31.7 Å². The van der Waals surface area contributed by atoms with Gasteiger partial charge in [-0.1, -0.05) is 6.08 Å². The molecule has 1 spiro atoms. The molecule has 2 rings (SSSR count). The monoisotopic (exact) mass is 437 g/mol. The molecule has 1 unspecified atom stereocenters. The molecular weight excluding hydrogens is 407 g/mol. The molecule has 1 atom stereocenters. The van der Waals surface area contributed by atoms with Crippen LogP contribution in [0.1, 0.15) is 27.2 Å². The number of piperazine rings is 1. The highest BCUT2D eigenvalue weighted by atomic mass is 19.4. The molecule has 0 bridgehead atoms. The molecule has 0 aromatic rings. The van der Waals surface area contributed by atoms with Gasteiger partial charge in [0.1, 0.15) is 12.1 Å². The Morgan fingerprint density at radius 3 is 2.37 bits per heavy atom. The van der Waals surface area contributed by atoms with Gasteiger partial charge in [0, 0.05) is 45.4 Å². The number of carboxylic acids is 1. The van der Waals surface area contributed by atoms with Gasteiger partial charge < -0.3 is 19.6 Å². The van der Waals surface area contributed by atoms with Gasteiger partial charge in [0.05, 0.1) is 0 Å². The number of nitrogens with zero attached hydrogens (tertiary/aromatic N) is 3. The van der Waals surface area contributed by atoms with Crippen molar-refractivity contribution in [3.8, 4) is 0 Å². The molecule has 2 fully saturated rings. The predicted octanol–water partition coefficient (Wildman–Crippen LogP) is 1.37. The van der Waals surface area contributed by atoms with Crippen molar-refractivity contribution < 1.29 is 37.4 Å². The van der Waals surface area contributed by atoms with Crippen LogP contribution in [-0.2, 0) is 19.1 Å². The average Bonchev–Trinajstić information content (AvgIpc) is 3.10. The van der Waals surface area contributed by atoms with Crippen LogP contribution in [0, 0.1) is 0 Å². The molecule has 0 aliphatic carbocycles. The number of aliphatic carboxylic acids is 1. The van der Waals surface area contributed by atoms with Crippen LogP contribution < -0.4 is 0 Å². The number of likely N-dealkylation sites (tertiary alicyclic amines) is 1. The largest absolute Gasteiger partial charge is 0.490 e. The van der Waals surface area contributed by atoms with Gasteiger partial charge in [0.15, 0.2) is 0 Å². The molecule has 0 aromatic carbocycles. The Morgan fingerprint density at radius 2 is 1.90 bits per heavy atom. The first-order valence-corrected chi connectivity index (χ1v) is 9.73. The lowest BCUT2D eigenvalue weighted by Gasteiger charge is -2.48. The van der Waals surface area contributed by atoms with Crippen molar-refractivity contribution in [1.29, 1.82) is 0 Å². The summed E-state index contributed by atoms with van der Waals surface area (Å²) in [7, 11) is 0. The van der Waals surface area contributed by atoms with E-state index in [0.29, 0.717) is 32.7 Å². The summed E-state index contributed by atoms with van der Waals surface area (Å²) in [5, 5.41) is 7.12. The third kappa shape index (κ3) is 6.18. The van der Waals surface area contributed by atoms with E-state index in [4.69, 9.17) is 14.6 Å². The number of hydrogen-bond donors (Lipinski definition) is 1. The summed E-state index contributed by atoms with van der Waals surface area (Å²) in [4.78, 5) is 40.2. The fourth-order valence-electron chi connectivity index (χ4n) is 3.58. The maximum Gasteiger partial charge on any atom is 0.490 e. The van der Waals surface area contributed by atoms with Crippen molar-refractivity contribution in [3.05, 3.63) is 12.7 Å². The summed E-state index contributed by atoms with van der Waals surface area (Å²) in [6.07, 6.45) is -2.56. The van der Waals surface area contributed by atoms with Gasteiger partial charge in [-0.25, -0.2) is 4.79 Å². The van der Waals surface area contributed by atoms with Crippen LogP contribution in [0.15, 0.2) is 12.7 Å². The van der Waals surface area contributed by atoms with Crippen molar-refractivity contribution in [2.75, 3.05) is 45.9 Å². The summed E-state index contributed by atoms with van der Waals surface area (Å²) in [6, 6.07) is 0.179. The van der Waals surface area contributed by atoms with Crippen molar-refractivity contribution in [2.24, 2.45) is 0 Å². The number of ether oxygens (including phenoxy) is 1. The SMILES string of the molecule is C=CCN1CCN(C(C)C)C(=O)C12CCN(C(=O)COCC)C2.O=C(O)C(F)(F)F. The van der Waals surface area contributed by atoms with E-state index >= 15 is 0 Å². The fourth-order valence-corrected chi connectivity index (χ4v) is 3.58. The molecule has 0 radical (unpaired) electrons. The Labute approximate surface area is 174 Å². The van der Waals surface area contributed by atoms with Crippen LogP contribution in [-0.4, -0.2) is 101 Å². The number of alkyl halides is 3. The van der Waals surface area contributed by atoms with Gasteiger partial charge in [-0.3, -0.25) is 14.5 Å². The van der Waals surface area contributed by atoms with E-state index in [0.717, 1.165) is 13.1 Å². The quantitative estimate of drug-likeness (QED) is 0.632. The summed E-state index contributed by atoms with van der Waals surface area (Å²) in [6.45, 7) is 13.7. The minimum absolute atomic E-state index is 0.0308. The van der Waals surface area contributed by atoms with Gasteiger partial charge in [-0.05, 0) is 27.2 Å². The zero-order valence-electron chi connectivity index (χ0n) is 17.6. The van der Waals surface area contributed by atoms with Crippen molar-refractivity contribution in [2.45, 2.75) is 44.9 Å². The standard InChI is InChI=1S/C17H29N3O3.C2HF3O2/c1-5-8-19-10-11-20(14(3)4)16(22)17(19)7-9-18(13-17)15(21)12-23-6-2;3-2(4,5)1(6)7/h5,14H,1,6-13H2,2-4H3;(H,6,7). The van der Waals surface area contributed by atoms with E-state index < -0.39 is 17.7 Å². The zero-order valence-corrected chi connectivity index (χ0v) is 17.6. The smallest absolute Gasteiger partial charge is 0.475 e. The first-order valence-electron chi connectivity index (χ1n) is 9.73. The van der Waals surface area contributed by atoms with Crippen molar-refractivity contribution >= 4 is 17.8 Å². The molecule has 0 aromatic heterocycles. The fraction of sp³-hybridized carbons (Fsp3) is 0.737. The van der Waals surface area contributed by atoms with Crippen molar-refractivity contribution in [3.63, 3.8) is 0 Å². The minimum Gasteiger partial charge on any atom is -0.475 e. The van der Waals surface area contributed by atoms with Gasteiger partial charge in [0.25, 0.3) is 0 Å². The molecular formula is C19H30F3N3O5. The Hall–Kier alpha value is -2.14. The number of carbonyl (C=O) groups is 3. The van der Waals surface area contributed by atoms with Crippen LogP contribution >= 0.6 is 0 Å². The number of amides is 2. The first-order chi connectivity index (χ1) is 13.9. The Bertz CT molecular complexity index is 641. The third-order valence-corrected chi connectivity index (χ3v) is 5.12. The predicted molar refractivity (Wildman–Crippen MR) is 103 cm³/mol. The first kappa shape index (κ1) is 25.9. The summed E-state index contributed by atoms with van der Waals surface area (Å²) < 4.78 is 37.0. The second-order valence-corrected chi connectivity index (χ2v) is 7.36. The molecule has 2 saturated heterocycles. The Balaban J connectivity index is 0.000000553. The number of hydrogen-bond acceptors (Lipinski definition) is 5. The summed E-state index contributed by atoms with van der Waals surface area (Å²) in [5.74, 6) is -2.64. The number of carboxylic acid groups (broad SMARTS) is 1. The van der Waals surface area contributed by atoms with Gasteiger partial charge >= 0.3 is 12.1 Å². The maximum atomic E-state index is 13.1. The van der Waals surface area contributed by atoms with Gasteiger partial charge in [0.2, 0.25) is 11.8 Å².